The number of hydrogen-bond acceptors (Lipinski definition) is 4. The van der Waals surface area contributed by atoms with Gasteiger partial charge in [0.1, 0.15) is 12.4 Å². The summed E-state index contributed by atoms with van der Waals surface area (Å²) in [5.41, 5.74) is 1.79. The molecule has 0 saturated carbocycles. The molecule has 0 aliphatic heterocycles. The second kappa shape index (κ2) is 9.40. The summed E-state index contributed by atoms with van der Waals surface area (Å²) < 4.78 is 15.8. The molecule has 1 aromatic rings. The van der Waals surface area contributed by atoms with Crippen molar-refractivity contribution in [2.45, 2.75) is 13.0 Å². The number of aliphatic hydroxyl groups is 1. The van der Waals surface area contributed by atoms with Crippen LogP contribution in [0.4, 0.5) is 0 Å². The number of methoxy groups -OCH3 is 2. The number of aliphatic hydroxyl groups excluding tert-OH is 1. The van der Waals surface area contributed by atoms with Crippen LogP contribution in [0.25, 0.3) is 0 Å². The van der Waals surface area contributed by atoms with Gasteiger partial charge >= 0.3 is 0 Å². The van der Waals surface area contributed by atoms with E-state index in [1.807, 2.05) is 18.2 Å². The molecule has 0 bridgehead atoms. The minimum atomic E-state index is -0.144. The summed E-state index contributed by atoms with van der Waals surface area (Å²) in [6.07, 6.45) is 0.864. The molecule has 0 heterocycles. The van der Waals surface area contributed by atoms with Crippen LogP contribution >= 0.6 is 0 Å². The van der Waals surface area contributed by atoms with Crippen molar-refractivity contribution in [1.82, 2.24) is 0 Å². The zero-order chi connectivity index (χ0) is 13.9. The van der Waals surface area contributed by atoms with Gasteiger partial charge in [0.05, 0.1) is 13.7 Å². The molecule has 0 saturated heterocycles. The highest BCUT2D eigenvalue weighted by Crippen LogP contribution is 2.20. The fraction of sp³-hybridized carbons (Fsp3) is 0.467. The van der Waals surface area contributed by atoms with Crippen LogP contribution in [0.5, 0.6) is 5.75 Å². The first kappa shape index (κ1) is 15.5. The molecule has 0 atom stereocenters. The van der Waals surface area contributed by atoms with E-state index in [0.717, 1.165) is 23.3 Å². The SMILES string of the molecule is COCCCOCc1cc(C#CCO)ccc1OC. The summed E-state index contributed by atoms with van der Waals surface area (Å²) in [4.78, 5) is 0. The molecule has 0 aliphatic carbocycles. The lowest BCUT2D eigenvalue weighted by Crippen LogP contribution is -2.01. The van der Waals surface area contributed by atoms with Crippen LogP contribution in [-0.4, -0.2) is 39.1 Å². The molecule has 0 fully saturated rings. The predicted octanol–water partition coefficient (Wildman–Crippen LogP) is 1.59. The van der Waals surface area contributed by atoms with Crippen LogP contribution in [0.2, 0.25) is 0 Å². The molecule has 104 valence electrons. The molecule has 0 aromatic heterocycles. The molecule has 0 radical (unpaired) electrons. The van der Waals surface area contributed by atoms with Gasteiger partial charge < -0.3 is 19.3 Å². The molecule has 1 rings (SSSR count). The second-order valence-electron chi connectivity index (χ2n) is 3.89. The Balaban J connectivity index is 2.62. The van der Waals surface area contributed by atoms with Crippen molar-refractivity contribution in [1.29, 1.82) is 0 Å². The van der Waals surface area contributed by atoms with E-state index in [1.165, 1.54) is 0 Å². The van der Waals surface area contributed by atoms with Gasteiger partial charge in [0.2, 0.25) is 0 Å². The number of rotatable bonds is 7. The highest BCUT2D eigenvalue weighted by atomic mass is 16.5. The normalized spacial score (nSPS) is 9.84. The van der Waals surface area contributed by atoms with Gasteiger partial charge in [0, 0.05) is 31.5 Å². The van der Waals surface area contributed by atoms with E-state index >= 15 is 0 Å². The molecule has 19 heavy (non-hydrogen) atoms. The van der Waals surface area contributed by atoms with Crippen molar-refractivity contribution in [3.63, 3.8) is 0 Å². The van der Waals surface area contributed by atoms with Crippen molar-refractivity contribution in [3.05, 3.63) is 29.3 Å². The summed E-state index contributed by atoms with van der Waals surface area (Å²) in [6, 6.07) is 5.63. The van der Waals surface area contributed by atoms with Gasteiger partial charge in [-0.2, -0.15) is 0 Å². The summed E-state index contributed by atoms with van der Waals surface area (Å²) in [5.74, 6) is 6.27. The van der Waals surface area contributed by atoms with Crippen LogP contribution < -0.4 is 4.74 Å². The average Bonchev–Trinajstić information content (AvgIpc) is 2.45. The fourth-order valence-electron chi connectivity index (χ4n) is 1.60. The Labute approximate surface area is 114 Å². The first-order valence-electron chi connectivity index (χ1n) is 6.15. The Morgan fingerprint density at radius 2 is 2.05 bits per heavy atom. The molecule has 0 amide bonds. The van der Waals surface area contributed by atoms with Gasteiger partial charge in [-0.25, -0.2) is 0 Å². The third-order valence-electron chi connectivity index (χ3n) is 2.49. The predicted molar refractivity (Wildman–Crippen MR) is 73.1 cm³/mol. The number of benzene rings is 1. The van der Waals surface area contributed by atoms with Gasteiger partial charge in [0.25, 0.3) is 0 Å². The second-order valence-corrected chi connectivity index (χ2v) is 3.89. The van der Waals surface area contributed by atoms with E-state index in [9.17, 15) is 0 Å². The van der Waals surface area contributed by atoms with Gasteiger partial charge in [-0.15, -0.1) is 0 Å². The largest absolute Gasteiger partial charge is 0.496 e. The number of ether oxygens (including phenoxy) is 3. The van der Waals surface area contributed by atoms with Crippen LogP contribution in [0.15, 0.2) is 18.2 Å². The summed E-state index contributed by atoms with van der Waals surface area (Å²) in [5, 5.41) is 8.69. The molecule has 0 spiro atoms. The highest BCUT2D eigenvalue weighted by molar-refractivity contribution is 5.44. The first-order valence-corrected chi connectivity index (χ1v) is 6.15. The fourth-order valence-corrected chi connectivity index (χ4v) is 1.60. The molecule has 0 unspecified atom stereocenters. The molecule has 1 N–H and O–H groups in total. The van der Waals surface area contributed by atoms with Crippen molar-refractivity contribution in [3.8, 4) is 17.6 Å². The lowest BCUT2D eigenvalue weighted by atomic mass is 10.1. The third kappa shape index (κ3) is 5.75. The molecule has 4 heteroatoms. The molecular formula is C15H20O4. The monoisotopic (exact) mass is 264 g/mol. The average molecular weight is 264 g/mol. The quantitative estimate of drug-likeness (QED) is 0.600. The Morgan fingerprint density at radius 1 is 1.21 bits per heavy atom. The third-order valence-corrected chi connectivity index (χ3v) is 2.49. The van der Waals surface area contributed by atoms with E-state index in [4.69, 9.17) is 19.3 Å². The zero-order valence-electron chi connectivity index (χ0n) is 11.4. The van der Waals surface area contributed by atoms with Gasteiger partial charge in [-0.3, -0.25) is 0 Å². The van der Waals surface area contributed by atoms with E-state index in [1.54, 1.807) is 14.2 Å². The van der Waals surface area contributed by atoms with Crippen molar-refractivity contribution in [2.75, 3.05) is 34.0 Å². The van der Waals surface area contributed by atoms with Gasteiger partial charge in [-0.05, 0) is 24.6 Å². The Morgan fingerprint density at radius 3 is 2.74 bits per heavy atom. The highest BCUT2D eigenvalue weighted by Gasteiger charge is 2.04. The molecule has 4 nitrogen and oxygen atoms in total. The minimum Gasteiger partial charge on any atom is -0.496 e. The Kier molecular flexibility index (Phi) is 7.68. The van der Waals surface area contributed by atoms with Crippen LogP contribution in [-0.2, 0) is 16.1 Å². The maximum atomic E-state index is 8.69. The van der Waals surface area contributed by atoms with E-state index < -0.39 is 0 Å². The molecular weight excluding hydrogens is 244 g/mol. The van der Waals surface area contributed by atoms with Gasteiger partial charge in [-0.1, -0.05) is 11.8 Å². The van der Waals surface area contributed by atoms with Crippen molar-refractivity contribution >= 4 is 0 Å². The molecule has 0 aliphatic rings. The van der Waals surface area contributed by atoms with Crippen molar-refractivity contribution < 1.29 is 19.3 Å². The number of hydrogen-bond donors (Lipinski definition) is 1. The minimum absolute atomic E-state index is 0.144. The maximum absolute atomic E-state index is 8.69. The maximum Gasteiger partial charge on any atom is 0.124 e. The lowest BCUT2D eigenvalue weighted by Gasteiger charge is -2.09. The van der Waals surface area contributed by atoms with E-state index in [-0.39, 0.29) is 6.61 Å². The lowest BCUT2D eigenvalue weighted by molar-refractivity contribution is 0.0916. The van der Waals surface area contributed by atoms with E-state index in [0.29, 0.717) is 19.8 Å². The summed E-state index contributed by atoms with van der Waals surface area (Å²) >= 11 is 0. The van der Waals surface area contributed by atoms with Crippen LogP contribution in [0.1, 0.15) is 17.5 Å². The topological polar surface area (TPSA) is 47.9 Å². The van der Waals surface area contributed by atoms with Crippen LogP contribution in [0, 0.1) is 11.8 Å². The smallest absolute Gasteiger partial charge is 0.124 e. The summed E-state index contributed by atoms with van der Waals surface area (Å²) in [6.45, 7) is 1.67. The van der Waals surface area contributed by atoms with E-state index in [2.05, 4.69) is 11.8 Å². The summed E-state index contributed by atoms with van der Waals surface area (Å²) in [7, 11) is 3.30. The first-order chi connectivity index (χ1) is 9.31. The van der Waals surface area contributed by atoms with Gasteiger partial charge in [0.15, 0.2) is 0 Å². The zero-order valence-corrected chi connectivity index (χ0v) is 11.4. The molecule has 1 aromatic carbocycles. The Bertz CT molecular complexity index is 432. The standard InChI is InChI=1S/C15H20O4/c1-17-9-4-10-19-12-14-11-13(5-3-8-16)6-7-15(14)18-2/h6-7,11,16H,4,8-10,12H2,1-2H3. The van der Waals surface area contributed by atoms with Crippen molar-refractivity contribution in [2.24, 2.45) is 0 Å². The Hall–Kier alpha value is -1.54. The van der Waals surface area contributed by atoms with Crippen LogP contribution in [0.3, 0.4) is 0 Å².